The molecule has 0 saturated heterocycles. The number of rotatable bonds is 6. The number of thiocarbonyl (C=S) groups is 1. The molecule has 1 aliphatic rings. The second-order valence-corrected chi connectivity index (χ2v) is 6.87. The standard InChI is InChI=1S/C15H22N2S2/c1-3-19-13-9-5-8-12(14(13)15(16)18)17(2)10-11-6-4-7-11/h5,8-9,11H,3-4,6-7,10H2,1-2H3,(H2,16,18). The van der Waals surface area contributed by atoms with Crippen molar-refractivity contribution in [3.8, 4) is 0 Å². The Labute approximate surface area is 125 Å². The lowest BCUT2D eigenvalue weighted by Crippen LogP contribution is -2.31. The highest BCUT2D eigenvalue weighted by Gasteiger charge is 2.21. The molecule has 2 nitrogen and oxygen atoms in total. The van der Waals surface area contributed by atoms with Gasteiger partial charge in [0.25, 0.3) is 0 Å². The lowest BCUT2D eigenvalue weighted by molar-refractivity contribution is 0.321. The number of nitrogens with zero attached hydrogens (tertiary/aromatic N) is 1. The van der Waals surface area contributed by atoms with Crippen LogP contribution in [0.15, 0.2) is 23.1 Å². The van der Waals surface area contributed by atoms with Crippen molar-refractivity contribution in [2.24, 2.45) is 11.7 Å². The number of hydrogen-bond acceptors (Lipinski definition) is 3. The van der Waals surface area contributed by atoms with E-state index < -0.39 is 0 Å². The monoisotopic (exact) mass is 294 g/mol. The van der Waals surface area contributed by atoms with Crippen molar-refractivity contribution in [3.63, 3.8) is 0 Å². The highest BCUT2D eigenvalue weighted by atomic mass is 32.2. The van der Waals surface area contributed by atoms with Gasteiger partial charge in [0.15, 0.2) is 0 Å². The molecule has 0 spiro atoms. The van der Waals surface area contributed by atoms with Crippen molar-refractivity contribution >= 4 is 34.7 Å². The summed E-state index contributed by atoms with van der Waals surface area (Å²) in [7, 11) is 2.15. The summed E-state index contributed by atoms with van der Waals surface area (Å²) >= 11 is 7.07. The van der Waals surface area contributed by atoms with Crippen LogP contribution >= 0.6 is 24.0 Å². The minimum absolute atomic E-state index is 0.506. The molecule has 104 valence electrons. The van der Waals surface area contributed by atoms with Gasteiger partial charge in [-0.3, -0.25) is 0 Å². The van der Waals surface area contributed by atoms with Gasteiger partial charge in [-0.2, -0.15) is 0 Å². The molecule has 0 amide bonds. The van der Waals surface area contributed by atoms with Gasteiger partial charge >= 0.3 is 0 Å². The Hall–Kier alpha value is -0.740. The first-order chi connectivity index (χ1) is 9.13. The predicted octanol–water partition coefficient (Wildman–Crippen LogP) is 3.67. The van der Waals surface area contributed by atoms with Crippen LogP contribution in [0.4, 0.5) is 5.69 Å². The number of thioether (sulfide) groups is 1. The summed E-state index contributed by atoms with van der Waals surface area (Å²) in [5.41, 5.74) is 8.18. The van der Waals surface area contributed by atoms with E-state index in [9.17, 15) is 0 Å². The summed E-state index contributed by atoms with van der Waals surface area (Å²) in [6, 6.07) is 6.35. The lowest BCUT2D eigenvalue weighted by Gasteiger charge is -2.32. The molecule has 1 aliphatic carbocycles. The third-order valence-electron chi connectivity index (χ3n) is 3.72. The van der Waals surface area contributed by atoms with Gasteiger partial charge in [-0.1, -0.05) is 31.6 Å². The molecule has 1 saturated carbocycles. The molecule has 2 rings (SSSR count). The Morgan fingerprint density at radius 3 is 2.74 bits per heavy atom. The molecule has 0 bridgehead atoms. The molecule has 0 aliphatic heterocycles. The lowest BCUT2D eigenvalue weighted by atomic mass is 9.85. The fourth-order valence-electron chi connectivity index (χ4n) is 2.52. The summed E-state index contributed by atoms with van der Waals surface area (Å²) < 4.78 is 0. The van der Waals surface area contributed by atoms with E-state index in [0.717, 1.165) is 23.8 Å². The molecule has 0 radical (unpaired) electrons. The second-order valence-electron chi connectivity index (χ2n) is 5.12. The van der Waals surface area contributed by atoms with Crippen LogP contribution in [0.25, 0.3) is 0 Å². The highest BCUT2D eigenvalue weighted by Crippen LogP contribution is 2.33. The molecule has 0 unspecified atom stereocenters. The van der Waals surface area contributed by atoms with Crippen molar-refractivity contribution in [1.29, 1.82) is 0 Å². The molecule has 0 aromatic heterocycles. The molecular weight excluding hydrogens is 272 g/mol. The van der Waals surface area contributed by atoms with Crippen LogP contribution in [-0.4, -0.2) is 24.3 Å². The first-order valence-electron chi connectivity index (χ1n) is 6.90. The Balaban J connectivity index is 2.26. The SMILES string of the molecule is CCSc1cccc(N(C)CC2CCC2)c1C(N)=S. The Kier molecular flexibility index (Phi) is 5.11. The molecule has 19 heavy (non-hydrogen) atoms. The normalized spacial score (nSPS) is 15.1. The molecule has 0 atom stereocenters. The van der Waals surface area contributed by atoms with Crippen LogP contribution in [0, 0.1) is 5.92 Å². The minimum atomic E-state index is 0.506. The molecule has 1 fully saturated rings. The van der Waals surface area contributed by atoms with Crippen molar-refractivity contribution in [1.82, 2.24) is 0 Å². The van der Waals surface area contributed by atoms with E-state index in [2.05, 4.69) is 37.1 Å². The number of nitrogens with two attached hydrogens (primary N) is 1. The maximum Gasteiger partial charge on any atom is 0.107 e. The zero-order valence-electron chi connectivity index (χ0n) is 11.7. The molecule has 1 aromatic rings. The number of benzene rings is 1. The smallest absolute Gasteiger partial charge is 0.107 e. The van der Waals surface area contributed by atoms with Crippen molar-refractivity contribution in [2.75, 3.05) is 24.2 Å². The van der Waals surface area contributed by atoms with Crippen LogP contribution in [-0.2, 0) is 0 Å². The van der Waals surface area contributed by atoms with E-state index in [-0.39, 0.29) is 0 Å². The van der Waals surface area contributed by atoms with Gasteiger partial charge < -0.3 is 10.6 Å². The van der Waals surface area contributed by atoms with E-state index in [1.807, 2.05) is 0 Å². The average Bonchev–Trinajstić information content (AvgIpc) is 2.33. The van der Waals surface area contributed by atoms with Gasteiger partial charge in [-0.15, -0.1) is 11.8 Å². The molecular formula is C15H22N2S2. The zero-order valence-corrected chi connectivity index (χ0v) is 13.3. The molecule has 2 N–H and O–H groups in total. The van der Waals surface area contributed by atoms with E-state index in [1.165, 1.54) is 29.8 Å². The van der Waals surface area contributed by atoms with Crippen LogP contribution < -0.4 is 10.6 Å². The summed E-state index contributed by atoms with van der Waals surface area (Å²) in [5, 5.41) is 0. The van der Waals surface area contributed by atoms with Crippen molar-refractivity contribution in [2.45, 2.75) is 31.1 Å². The van der Waals surface area contributed by atoms with Crippen LogP contribution in [0.2, 0.25) is 0 Å². The molecule has 1 aromatic carbocycles. The van der Waals surface area contributed by atoms with Crippen LogP contribution in [0.1, 0.15) is 31.7 Å². The summed E-state index contributed by atoms with van der Waals surface area (Å²) in [4.78, 5) is 4.03. The Morgan fingerprint density at radius 1 is 1.47 bits per heavy atom. The number of anilines is 1. The summed E-state index contributed by atoms with van der Waals surface area (Å²) in [6.07, 6.45) is 4.10. The van der Waals surface area contributed by atoms with Gasteiger partial charge in [-0.25, -0.2) is 0 Å². The van der Waals surface area contributed by atoms with E-state index >= 15 is 0 Å². The quantitative estimate of drug-likeness (QED) is 0.640. The minimum Gasteiger partial charge on any atom is -0.389 e. The van der Waals surface area contributed by atoms with Gasteiger partial charge in [0.05, 0.1) is 0 Å². The van der Waals surface area contributed by atoms with Crippen LogP contribution in [0.5, 0.6) is 0 Å². The topological polar surface area (TPSA) is 29.3 Å². The maximum atomic E-state index is 5.95. The average molecular weight is 294 g/mol. The van der Waals surface area contributed by atoms with Crippen molar-refractivity contribution in [3.05, 3.63) is 23.8 Å². The second kappa shape index (κ2) is 6.62. The molecule has 0 heterocycles. The Morgan fingerprint density at radius 2 is 2.21 bits per heavy atom. The van der Waals surface area contributed by atoms with Gasteiger partial charge in [0.2, 0.25) is 0 Å². The third-order valence-corrected chi connectivity index (χ3v) is 4.86. The Bertz CT molecular complexity index is 455. The predicted molar refractivity (Wildman–Crippen MR) is 89.3 cm³/mol. The van der Waals surface area contributed by atoms with E-state index in [0.29, 0.717) is 4.99 Å². The van der Waals surface area contributed by atoms with Gasteiger partial charge in [0, 0.05) is 29.7 Å². The zero-order chi connectivity index (χ0) is 13.8. The fraction of sp³-hybridized carbons (Fsp3) is 0.533. The maximum absolute atomic E-state index is 5.95. The summed E-state index contributed by atoms with van der Waals surface area (Å²) in [5.74, 6) is 1.87. The van der Waals surface area contributed by atoms with E-state index in [4.69, 9.17) is 18.0 Å². The van der Waals surface area contributed by atoms with Gasteiger partial charge in [-0.05, 0) is 36.6 Å². The molecule has 4 heteroatoms. The van der Waals surface area contributed by atoms with Gasteiger partial charge in [0.1, 0.15) is 4.99 Å². The first kappa shape index (κ1) is 14.7. The first-order valence-corrected chi connectivity index (χ1v) is 8.29. The van der Waals surface area contributed by atoms with E-state index in [1.54, 1.807) is 11.8 Å². The third kappa shape index (κ3) is 3.42. The van der Waals surface area contributed by atoms with Crippen molar-refractivity contribution < 1.29 is 0 Å². The highest BCUT2D eigenvalue weighted by molar-refractivity contribution is 7.99. The fourth-order valence-corrected chi connectivity index (χ4v) is 3.65. The van der Waals surface area contributed by atoms with Crippen LogP contribution in [0.3, 0.4) is 0 Å². The largest absolute Gasteiger partial charge is 0.389 e. The number of hydrogen-bond donors (Lipinski definition) is 1. The summed E-state index contributed by atoms with van der Waals surface area (Å²) in [6.45, 7) is 3.26.